The Balaban J connectivity index is 2.17. The Kier molecular flexibility index (Phi) is 6.70. The lowest BCUT2D eigenvalue weighted by Crippen LogP contribution is -2.27. The molecule has 0 amide bonds. The lowest BCUT2D eigenvalue weighted by molar-refractivity contribution is -0.151. The van der Waals surface area contributed by atoms with Gasteiger partial charge in [-0.25, -0.2) is 4.98 Å². The lowest BCUT2D eigenvalue weighted by atomic mass is 10.1. The van der Waals surface area contributed by atoms with Crippen LogP contribution in [0.1, 0.15) is 37.6 Å². The third-order valence-corrected chi connectivity index (χ3v) is 4.83. The molecule has 1 heterocycles. The van der Waals surface area contributed by atoms with Crippen molar-refractivity contribution in [1.29, 1.82) is 0 Å². The van der Waals surface area contributed by atoms with Gasteiger partial charge in [-0.2, -0.15) is 0 Å². The van der Waals surface area contributed by atoms with Gasteiger partial charge in [-0.05, 0) is 45.4 Å². The van der Waals surface area contributed by atoms with E-state index < -0.39 is 5.60 Å². The van der Waals surface area contributed by atoms with Crippen LogP contribution in [-0.2, 0) is 23.0 Å². The second-order valence-corrected chi connectivity index (χ2v) is 8.16. The first-order valence-electron chi connectivity index (χ1n) is 8.65. The van der Waals surface area contributed by atoms with E-state index in [1.54, 1.807) is 14.2 Å². The van der Waals surface area contributed by atoms with Gasteiger partial charge in [0.15, 0.2) is 5.16 Å². The van der Waals surface area contributed by atoms with Crippen LogP contribution in [0.5, 0.6) is 5.75 Å². The van der Waals surface area contributed by atoms with Gasteiger partial charge in [0.2, 0.25) is 0 Å². The highest BCUT2D eigenvalue weighted by Gasteiger charge is 2.18. The van der Waals surface area contributed by atoms with Gasteiger partial charge in [-0.15, -0.1) is 0 Å². The van der Waals surface area contributed by atoms with E-state index in [2.05, 4.69) is 4.98 Å². The summed E-state index contributed by atoms with van der Waals surface area (Å²) in [5, 5.41) is 0.502. The molecule has 1 aromatic carbocycles. The maximum atomic E-state index is 12.8. The first kappa shape index (κ1) is 21.0. The minimum Gasteiger partial charge on any atom is -0.497 e. The predicted molar refractivity (Wildman–Crippen MR) is 107 cm³/mol. The van der Waals surface area contributed by atoms with Crippen LogP contribution in [0, 0.1) is 6.92 Å². The largest absolute Gasteiger partial charge is 0.497 e. The van der Waals surface area contributed by atoms with Crippen LogP contribution < -0.4 is 10.3 Å². The number of esters is 1. The predicted octanol–water partition coefficient (Wildman–Crippen LogP) is 3.12. The smallest absolute Gasteiger partial charge is 0.316 e. The standard InChI is InChI=1S/C20H26N2O4S/c1-13-16(11-14-7-9-15(25-6)10-8-14)18(24)22(5)19(21-13)27-12-17(23)26-20(2,3)4/h7-10H,11-12H2,1-6H3. The molecule has 1 aromatic heterocycles. The van der Waals surface area contributed by atoms with E-state index in [4.69, 9.17) is 9.47 Å². The monoisotopic (exact) mass is 390 g/mol. The van der Waals surface area contributed by atoms with Gasteiger partial charge in [-0.3, -0.25) is 14.2 Å². The molecular weight excluding hydrogens is 364 g/mol. The Bertz CT molecular complexity index is 867. The molecule has 0 bridgehead atoms. The van der Waals surface area contributed by atoms with E-state index in [1.165, 1.54) is 16.3 Å². The number of nitrogens with zero attached hydrogens (tertiary/aromatic N) is 2. The van der Waals surface area contributed by atoms with E-state index in [0.29, 0.717) is 22.8 Å². The Hall–Kier alpha value is -2.28. The van der Waals surface area contributed by atoms with Crippen molar-refractivity contribution < 1.29 is 14.3 Å². The maximum absolute atomic E-state index is 12.8. The summed E-state index contributed by atoms with van der Waals surface area (Å²) in [6, 6.07) is 7.60. The van der Waals surface area contributed by atoms with Gasteiger partial charge >= 0.3 is 5.97 Å². The zero-order chi connectivity index (χ0) is 20.2. The van der Waals surface area contributed by atoms with Crippen molar-refractivity contribution in [1.82, 2.24) is 9.55 Å². The molecule has 0 radical (unpaired) electrons. The Morgan fingerprint density at radius 2 is 1.85 bits per heavy atom. The fraction of sp³-hybridized carbons (Fsp3) is 0.450. The molecule has 0 aliphatic carbocycles. The fourth-order valence-corrected chi connectivity index (χ4v) is 3.29. The number of carbonyl (C=O) groups excluding carboxylic acids is 1. The zero-order valence-corrected chi connectivity index (χ0v) is 17.5. The Morgan fingerprint density at radius 1 is 1.22 bits per heavy atom. The average molecular weight is 391 g/mol. The SMILES string of the molecule is COc1ccc(Cc2c(C)nc(SCC(=O)OC(C)(C)C)n(C)c2=O)cc1. The highest BCUT2D eigenvalue weighted by atomic mass is 32.2. The van der Waals surface area contributed by atoms with Crippen molar-refractivity contribution in [2.75, 3.05) is 12.9 Å². The molecule has 6 nitrogen and oxygen atoms in total. The van der Waals surface area contributed by atoms with Gasteiger partial charge in [0.1, 0.15) is 11.4 Å². The van der Waals surface area contributed by atoms with Crippen LogP contribution in [0.3, 0.4) is 0 Å². The second-order valence-electron chi connectivity index (χ2n) is 7.22. The highest BCUT2D eigenvalue weighted by Crippen LogP contribution is 2.19. The summed E-state index contributed by atoms with van der Waals surface area (Å²) in [4.78, 5) is 29.2. The van der Waals surface area contributed by atoms with Crippen molar-refractivity contribution in [3.63, 3.8) is 0 Å². The summed E-state index contributed by atoms with van der Waals surface area (Å²) in [6.07, 6.45) is 0.493. The van der Waals surface area contributed by atoms with Gasteiger partial charge in [-0.1, -0.05) is 23.9 Å². The molecule has 0 spiro atoms. The number of hydrogen-bond donors (Lipinski definition) is 0. The number of thioether (sulfide) groups is 1. The van der Waals surface area contributed by atoms with E-state index in [1.807, 2.05) is 52.0 Å². The Morgan fingerprint density at radius 3 is 2.41 bits per heavy atom. The molecule has 0 atom stereocenters. The van der Waals surface area contributed by atoms with Crippen LogP contribution >= 0.6 is 11.8 Å². The molecule has 0 saturated carbocycles. The van der Waals surface area contributed by atoms with Crippen LogP contribution in [0.4, 0.5) is 0 Å². The molecule has 0 saturated heterocycles. The number of benzene rings is 1. The van der Waals surface area contributed by atoms with Gasteiger partial charge in [0.25, 0.3) is 5.56 Å². The van der Waals surface area contributed by atoms with Crippen LogP contribution in [0.25, 0.3) is 0 Å². The molecule has 146 valence electrons. The van der Waals surface area contributed by atoms with Crippen LogP contribution in [0.2, 0.25) is 0 Å². The molecule has 0 unspecified atom stereocenters. The number of methoxy groups -OCH3 is 1. The maximum Gasteiger partial charge on any atom is 0.316 e. The number of aryl methyl sites for hydroxylation is 1. The van der Waals surface area contributed by atoms with Gasteiger partial charge in [0.05, 0.1) is 12.9 Å². The fourth-order valence-electron chi connectivity index (χ4n) is 2.50. The van der Waals surface area contributed by atoms with Crippen molar-refractivity contribution in [2.45, 2.75) is 44.9 Å². The molecule has 0 aliphatic rings. The summed E-state index contributed by atoms with van der Waals surface area (Å²) in [5.74, 6) is 0.548. The van der Waals surface area contributed by atoms with Crippen molar-refractivity contribution in [3.8, 4) is 5.75 Å². The van der Waals surface area contributed by atoms with E-state index >= 15 is 0 Å². The first-order valence-corrected chi connectivity index (χ1v) is 9.63. The molecule has 0 aliphatic heterocycles. The normalized spacial score (nSPS) is 11.3. The molecule has 0 N–H and O–H groups in total. The van der Waals surface area contributed by atoms with Crippen molar-refractivity contribution in [2.24, 2.45) is 7.05 Å². The molecule has 2 rings (SSSR count). The summed E-state index contributed by atoms with van der Waals surface area (Å²) in [7, 11) is 3.29. The van der Waals surface area contributed by atoms with E-state index in [0.717, 1.165) is 11.3 Å². The topological polar surface area (TPSA) is 70.4 Å². The molecular formula is C20H26N2O4S. The number of ether oxygens (including phenoxy) is 2. The number of carbonyl (C=O) groups is 1. The highest BCUT2D eigenvalue weighted by molar-refractivity contribution is 7.99. The van der Waals surface area contributed by atoms with E-state index in [-0.39, 0.29) is 17.3 Å². The number of aromatic nitrogens is 2. The Labute approximate surface area is 163 Å². The first-order chi connectivity index (χ1) is 12.6. The van der Waals surface area contributed by atoms with Crippen molar-refractivity contribution >= 4 is 17.7 Å². The quantitative estimate of drug-likeness (QED) is 0.429. The molecule has 0 fully saturated rings. The van der Waals surface area contributed by atoms with Crippen molar-refractivity contribution in [3.05, 3.63) is 51.4 Å². The third kappa shape index (κ3) is 5.85. The summed E-state index contributed by atoms with van der Waals surface area (Å²) in [6.45, 7) is 7.28. The number of rotatable bonds is 6. The summed E-state index contributed by atoms with van der Waals surface area (Å²) < 4.78 is 11.9. The average Bonchev–Trinajstić information content (AvgIpc) is 2.59. The summed E-state index contributed by atoms with van der Waals surface area (Å²) >= 11 is 1.20. The third-order valence-electron chi connectivity index (χ3n) is 3.83. The number of hydrogen-bond acceptors (Lipinski definition) is 6. The lowest BCUT2D eigenvalue weighted by Gasteiger charge is -2.19. The zero-order valence-electron chi connectivity index (χ0n) is 16.7. The van der Waals surface area contributed by atoms with Crippen LogP contribution in [-0.4, -0.2) is 34.0 Å². The molecule has 7 heteroatoms. The molecule has 2 aromatic rings. The van der Waals surface area contributed by atoms with Gasteiger partial charge in [0, 0.05) is 24.7 Å². The molecule has 27 heavy (non-hydrogen) atoms. The second kappa shape index (κ2) is 8.61. The minimum absolute atomic E-state index is 0.106. The minimum atomic E-state index is -0.533. The summed E-state index contributed by atoms with van der Waals surface area (Å²) in [5.41, 5.74) is 1.68. The van der Waals surface area contributed by atoms with Gasteiger partial charge < -0.3 is 9.47 Å². The van der Waals surface area contributed by atoms with Crippen LogP contribution in [0.15, 0.2) is 34.2 Å². The van der Waals surface area contributed by atoms with E-state index in [9.17, 15) is 9.59 Å².